The zero-order valence-electron chi connectivity index (χ0n) is 16.6. The third kappa shape index (κ3) is 4.37. The lowest BCUT2D eigenvalue weighted by atomic mass is 9.99. The fourth-order valence-corrected chi connectivity index (χ4v) is 3.74. The number of fused-ring (bicyclic) bond motifs is 1. The minimum absolute atomic E-state index is 0.0178. The van der Waals surface area contributed by atoms with E-state index in [0.29, 0.717) is 13.1 Å². The maximum Gasteiger partial charge on any atom is 0.251 e. The van der Waals surface area contributed by atoms with E-state index in [0.717, 1.165) is 40.8 Å². The van der Waals surface area contributed by atoms with E-state index in [2.05, 4.69) is 45.2 Å². The highest BCUT2D eigenvalue weighted by molar-refractivity contribution is 5.95. The predicted molar refractivity (Wildman–Crippen MR) is 117 cm³/mol. The van der Waals surface area contributed by atoms with Crippen molar-refractivity contribution in [2.75, 3.05) is 6.54 Å². The van der Waals surface area contributed by atoms with Crippen LogP contribution in [0.4, 0.5) is 0 Å². The van der Waals surface area contributed by atoms with Crippen molar-refractivity contribution in [2.45, 2.75) is 26.3 Å². The molecule has 0 aliphatic heterocycles. The number of nitrogens with one attached hydrogen (secondary N) is 1. The van der Waals surface area contributed by atoms with Gasteiger partial charge in [-0.05, 0) is 49.1 Å². The second-order valence-electron chi connectivity index (χ2n) is 7.20. The molecular weight excluding hydrogens is 358 g/mol. The monoisotopic (exact) mass is 383 g/mol. The first-order valence-corrected chi connectivity index (χ1v) is 10.0. The number of amides is 1. The number of imidazole rings is 1. The smallest absolute Gasteiger partial charge is 0.251 e. The number of hydrogen-bond acceptors (Lipinski definition) is 2. The van der Waals surface area contributed by atoms with Crippen molar-refractivity contribution >= 4 is 16.9 Å². The van der Waals surface area contributed by atoms with Crippen LogP contribution in [0.5, 0.6) is 0 Å². The Hall–Kier alpha value is -3.40. The first-order chi connectivity index (χ1) is 14.2. The Morgan fingerprint density at radius 3 is 2.48 bits per heavy atom. The van der Waals surface area contributed by atoms with Crippen LogP contribution in [0.25, 0.3) is 11.0 Å². The molecule has 4 rings (SSSR count). The van der Waals surface area contributed by atoms with Crippen molar-refractivity contribution < 1.29 is 4.79 Å². The average molecular weight is 383 g/mol. The third-order valence-corrected chi connectivity index (χ3v) is 5.25. The minimum Gasteiger partial charge on any atom is -0.350 e. The van der Waals surface area contributed by atoms with Crippen LogP contribution in [-0.4, -0.2) is 22.0 Å². The van der Waals surface area contributed by atoms with E-state index in [1.165, 1.54) is 5.56 Å². The highest BCUT2D eigenvalue weighted by Crippen LogP contribution is 2.15. The van der Waals surface area contributed by atoms with Crippen molar-refractivity contribution in [3.8, 4) is 0 Å². The summed E-state index contributed by atoms with van der Waals surface area (Å²) in [5, 5.41) is 3.08. The zero-order chi connectivity index (χ0) is 20.1. The van der Waals surface area contributed by atoms with Crippen molar-refractivity contribution in [1.29, 1.82) is 0 Å². The van der Waals surface area contributed by atoms with Crippen molar-refractivity contribution in [2.24, 2.45) is 0 Å². The summed E-state index contributed by atoms with van der Waals surface area (Å²) in [6, 6.07) is 26.3. The summed E-state index contributed by atoms with van der Waals surface area (Å²) < 4.78 is 2.15. The van der Waals surface area contributed by atoms with Crippen LogP contribution in [0, 0.1) is 6.92 Å². The molecule has 0 bridgehead atoms. The number of nitrogens with zero attached hydrogens (tertiary/aromatic N) is 2. The van der Waals surface area contributed by atoms with Gasteiger partial charge < -0.3 is 9.88 Å². The van der Waals surface area contributed by atoms with Gasteiger partial charge in [0, 0.05) is 18.7 Å². The van der Waals surface area contributed by atoms with Gasteiger partial charge in [0.15, 0.2) is 0 Å². The van der Waals surface area contributed by atoms with Crippen LogP contribution < -0.4 is 5.32 Å². The molecule has 0 radical (unpaired) electrons. The van der Waals surface area contributed by atoms with Gasteiger partial charge in [-0.2, -0.15) is 0 Å². The van der Waals surface area contributed by atoms with E-state index < -0.39 is 0 Å². The highest BCUT2D eigenvalue weighted by Gasteiger charge is 2.11. The molecule has 3 aromatic carbocycles. The topological polar surface area (TPSA) is 46.9 Å². The van der Waals surface area contributed by atoms with Gasteiger partial charge in [0.2, 0.25) is 0 Å². The van der Waals surface area contributed by atoms with Gasteiger partial charge in [-0.15, -0.1) is 0 Å². The fourth-order valence-electron chi connectivity index (χ4n) is 3.74. The lowest BCUT2D eigenvalue weighted by molar-refractivity contribution is 0.0951. The van der Waals surface area contributed by atoms with Crippen LogP contribution in [-0.2, 0) is 19.4 Å². The second-order valence-corrected chi connectivity index (χ2v) is 7.20. The molecule has 0 spiro atoms. The fraction of sp³-hybridized carbons (Fsp3) is 0.200. The number of carbonyl (C=O) groups excluding carboxylic acids is 1. The molecule has 1 amide bonds. The van der Waals surface area contributed by atoms with Gasteiger partial charge in [0.25, 0.3) is 5.91 Å². The van der Waals surface area contributed by atoms with Crippen molar-refractivity contribution in [3.05, 3.63) is 101 Å². The number of aromatic nitrogens is 2. The molecule has 1 N–H and O–H groups in total. The van der Waals surface area contributed by atoms with E-state index in [4.69, 9.17) is 0 Å². The number of para-hydroxylation sites is 2. The van der Waals surface area contributed by atoms with Crippen LogP contribution in [0.1, 0.15) is 27.3 Å². The van der Waals surface area contributed by atoms with Gasteiger partial charge in [-0.1, -0.05) is 60.7 Å². The molecular formula is C25H25N3O. The molecule has 0 atom stereocenters. The van der Waals surface area contributed by atoms with Gasteiger partial charge in [0.1, 0.15) is 5.82 Å². The Kier molecular flexibility index (Phi) is 5.71. The molecule has 0 aliphatic carbocycles. The Bertz CT molecular complexity index is 1120. The Labute approximate surface area is 171 Å². The molecule has 1 heterocycles. The van der Waals surface area contributed by atoms with E-state index >= 15 is 0 Å². The first kappa shape index (κ1) is 18.9. The summed E-state index contributed by atoms with van der Waals surface area (Å²) >= 11 is 0. The van der Waals surface area contributed by atoms with Crippen molar-refractivity contribution in [3.63, 3.8) is 0 Å². The van der Waals surface area contributed by atoms with Gasteiger partial charge >= 0.3 is 0 Å². The molecule has 146 valence electrons. The van der Waals surface area contributed by atoms with E-state index in [9.17, 15) is 4.79 Å². The predicted octanol–water partition coefficient (Wildman–Crippen LogP) is 4.56. The number of benzene rings is 3. The lowest BCUT2D eigenvalue weighted by Gasteiger charge is -2.12. The molecule has 0 saturated carbocycles. The van der Waals surface area contributed by atoms with Crippen LogP contribution in [0.2, 0.25) is 0 Å². The van der Waals surface area contributed by atoms with Crippen LogP contribution in [0.15, 0.2) is 78.9 Å². The summed E-state index contributed by atoms with van der Waals surface area (Å²) in [5.41, 5.74) is 5.21. The number of hydrogen-bond donors (Lipinski definition) is 1. The number of aryl methyl sites for hydroxylation is 3. The summed E-state index contributed by atoms with van der Waals surface area (Å²) in [6.07, 6.45) is 1.77. The molecule has 0 unspecified atom stereocenters. The maximum atomic E-state index is 12.8. The summed E-state index contributed by atoms with van der Waals surface area (Å²) in [7, 11) is 0. The molecule has 0 saturated heterocycles. The van der Waals surface area contributed by atoms with Gasteiger partial charge in [-0.3, -0.25) is 4.79 Å². The first-order valence-electron chi connectivity index (χ1n) is 10.0. The molecule has 29 heavy (non-hydrogen) atoms. The normalized spacial score (nSPS) is 10.9. The minimum atomic E-state index is -0.0178. The summed E-state index contributed by atoms with van der Waals surface area (Å²) in [4.78, 5) is 17.4. The van der Waals surface area contributed by atoms with Crippen LogP contribution >= 0.6 is 0 Å². The summed E-state index contributed by atoms with van der Waals surface area (Å²) in [5.74, 6) is 0.944. The Morgan fingerprint density at radius 1 is 0.897 bits per heavy atom. The molecule has 4 aromatic rings. The molecule has 0 aliphatic rings. The number of rotatable bonds is 7. The largest absolute Gasteiger partial charge is 0.350 e. The second kappa shape index (κ2) is 8.74. The highest BCUT2D eigenvalue weighted by atomic mass is 16.1. The van der Waals surface area contributed by atoms with Crippen LogP contribution in [0.3, 0.4) is 0 Å². The van der Waals surface area contributed by atoms with Gasteiger partial charge in [-0.25, -0.2) is 4.98 Å². The average Bonchev–Trinajstić information content (AvgIpc) is 3.08. The Morgan fingerprint density at radius 2 is 1.62 bits per heavy atom. The zero-order valence-corrected chi connectivity index (χ0v) is 16.6. The SMILES string of the molecule is Cc1nc2ccccc2n1CCNC(=O)c1ccccc1CCc1ccccc1. The molecule has 4 heteroatoms. The van der Waals surface area contributed by atoms with Crippen molar-refractivity contribution in [1.82, 2.24) is 14.9 Å². The lowest BCUT2D eigenvalue weighted by Crippen LogP contribution is -2.28. The van der Waals surface area contributed by atoms with E-state index in [1.54, 1.807) is 0 Å². The van der Waals surface area contributed by atoms with Gasteiger partial charge in [0.05, 0.1) is 11.0 Å². The molecule has 4 nitrogen and oxygen atoms in total. The third-order valence-electron chi connectivity index (χ3n) is 5.25. The standard InChI is InChI=1S/C25H25N3O/c1-19-27-23-13-7-8-14-24(23)28(19)18-17-26-25(29)22-12-6-5-11-21(22)16-15-20-9-3-2-4-10-20/h2-14H,15-18H2,1H3,(H,26,29). The Balaban J connectivity index is 1.40. The number of carbonyl (C=O) groups is 1. The van der Waals surface area contributed by atoms with E-state index in [-0.39, 0.29) is 5.91 Å². The van der Waals surface area contributed by atoms with E-state index in [1.807, 2.05) is 55.5 Å². The quantitative estimate of drug-likeness (QED) is 0.508. The maximum absolute atomic E-state index is 12.8. The summed E-state index contributed by atoms with van der Waals surface area (Å²) in [6.45, 7) is 3.26. The molecule has 0 fully saturated rings. The molecule has 1 aromatic heterocycles.